The highest BCUT2D eigenvalue weighted by Crippen LogP contribution is 2.43. The molecule has 2 amide bonds. The van der Waals surface area contributed by atoms with E-state index < -0.39 is 5.97 Å². The summed E-state index contributed by atoms with van der Waals surface area (Å²) in [7, 11) is 0. The Hall–Kier alpha value is -2.60. The van der Waals surface area contributed by atoms with Crippen LogP contribution in [0, 0.1) is 0 Å². The predicted octanol–water partition coefficient (Wildman–Crippen LogP) is 2.93. The van der Waals surface area contributed by atoms with Crippen LogP contribution in [-0.2, 0) is 4.79 Å². The van der Waals surface area contributed by atoms with Crippen LogP contribution in [-0.4, -0.2) is 53.2 Å². The van der Waals surface area contributed by atoms with Crippen LogP contribution in [0.5, 0.6) is 0 Å². The number of carboxylic acids is 1. The summed E-state index contributed by atoms with van der Waals surface area (Å²) in [6, 6.07) is 15.2. The standard InChI is InChI=1S/C22H27N3O3/c1-2-25(13-21(26)27)16-10-15(11-16)23-22(28)24-20-12-19(20)18-9-5-7-14-6-3-4-8-17(14)18/h3-9,15-16,19-20H,2,10-13H2,1H3,(H,26,27)(H2,23,24,28)/t15?,16?,19-,20+/m0/s1. The quantitative estimate of drug-likeness (QED) is 0.689. The second-order valence-electron chi connectivity index (χ2n) is 7.91. The smallest absolute Gasteiger partial charge is 0.317 e. The van der Waals surface area contributed by atoms with Crippen LogP contribution in [0.2, 0.25) is 0 Å². The third-order valence-electron chi connectivity index (χ3n) is 6.04. The Balaban J connectivity index is 1.26. The van der Waals surface area contributed by atoms with Crippen LogP contribution in [0.1, 0.15) is 37.7 Å². The molecule has 4 rings (SSSR count). The van der Waals surface area contributed by atoms with Crippen LogP contribution < -0.4 is 10.6 Å². The second kappa shape index (κ2) is 7.80. The van der Waals surface area contributed by atoms with Gasteiger partial charge in [0.2, 0.25) is 0 Å². The van der Waals surface area contributed by atoms with E-state index in [-0.39, 0.29) is 30.7 Å². The molecule has 2 aliphatic carbocycles. The average Bonchev–Trinajstić information content (AvgIpc) is 3.40. The van der Waals surface area contributed by atoms with Gasteiger partial charge in [-0.25, -0.2) is 4.79 Å². The molecule has 6 heteroatoms. The van der Waals surface area contributed by atoms with Crippen molar-refractivity contribution in [3.8, 4) is 0 Å². The summed E-state index contributed by atoms with van der Waals surface area (Å²) in [6.07, 6.45) is 2.59. The fraction of sp³-hybridized carbons (Fsp3) is 0.455. The van der Waals surface area contributed by atoms with Crippen molar-refractivity contribution in [2.45, 2.75) is 50.2 Å². The molecule has 3 N–H and O–H groups in total. The fourth-order valence-electron chi connectivity index (χ4n) is 4.34. The molecule has 0 unspecified atom stereocenters. The fourth-order valence-corrected chi connectivity index (χ4v) is 4.34. The molecule has 2 atom stereocenters. The predicted molar refractivity (Wildman–Crippen MR) is 108 cm³/mol. The molecule has 148 valence electrons. The zero-order valence-electron chi connectivity index (χ0n) is 16.1. The van der Waals surface area contributed by atoms with Gasteiger partial charge in [0.25, 0.3) is 0 Å². The Labute approximate surface area is 164 Å². The molecule has 28 heavy (non-hydrogen) atoms. The maximum absolute atomic E-state index is 12.3. The van der Waals surface area contributed by atoms with E-state index in [2.05, 4.69) is 47.0 Å². The van der Waals surface area contributed by atoms with E-state index in [1.165, 1.54) is 16.3 Å². The van der Waals surface area contributed by atoms with Crippen molar-refractivity contribution in [2.24, 2.45) is 0 Å². The number of amides is 2. The van der Waals surface area contributed by atoms with E-state index in [1.807, 2.05) is 17.9 Å². The topological polar surface area (TPSA) is 81.7 Å². The monoisotopic (exact) mass is 381 g/mol. The highest BCUT2D eigenvalue weighted by molar-refractivity contribution is 5.87. The number of likely N-dealkylation sites (N-methyl/N-ethyl adjacent to an activating group) is 1. The zero-order chi connectivity index (χ0) is 19.7. The van der Waals surface area contributed by atoms with E-state index in [0.29, 0.717) is 12.5 Å². The number of carboxylic acid groups (broad SMARTS) is 1. The average molecular weight is 381 g/mol. The summed E-state index contributed by atoms with van der Waals surface area (Å²) < 4.78 is 0. The van der Waals surface area contributed by atoms with Gasteiger partial charge in [-0.2, -0.15) is 0 Å². The number of nitrogens with one attached hydrogen (secondary N) is 2. The number of carbonyl (C=O) groups is 2. The molecule has 2 aromatic rings. The molecule has 2 aliphatic rings. The summed E-state index contributed by atoms with van der Waals surface area (Å²) in [4.78, 5) is 25.2. The van der Waals surface area contributed by atoms with E-state index in [9.17, 15) is 9.59 Å². The van der Waals surface area contributed by atoms with Gasteiger partial charge in [-0.3, -0.25) is 9.69 Å². The Morgan fingerprint density at radius 2 is 1.82 bits per heavy atom. The molecule has 0 heterocycles. The van der Waals surface area contributed by atoms with Crippen molar-refractivity contribution >= 4 is 22.8 Å². The highest BCUT2D eigenvalue weighted by Gasteiger charge is 2.41. The van der Waals surface area contributed by atoms with Crippen molar-refractivity contribution in [1.29, 1.82) is 0 Å². The first-order valence-electron chi connectivity index (χ1n) is 10.1. The number of hydrogen-bond donors (Lipinski definition) is 3. The first-order valence-corrected chi connectivity index (χ1v) is 10.1. The largest absolute Gasteiger partial charge is 0.480 e. The normalized spacial score (nSPS) is 25.9. The van der Waals surface area contributed by atoms with Gasteiger partial charge in [-0.05, 0) is 42.1 Å². The Morgan fingerprint density at radius 1 is 1.07 bits per heavy atom. The molecule has 0 radical (unpaired) electrons. The number of hydrogen-bond acceptors (Lipinski definition) is 3. The van der Waals surface area contributed by atoms with Crippen molar-refractivity contribution in [2.75, 3.05) is 13.1 Å². The third-order valence-corrected chi connectivity index (χ3v) is 6.04. The molecule has 2 saturated carbocycles. The molecular weight excluding hydrogens is 354 g/mol. The van der Waals surface area contributed by atoms with Gasteiger partial charge >= 0.3 is 12.0 Å². The number of aliphatic carboxylic acids is 1. The Bertz CT molecular complexity index is 873. The third kappa shape index (κ3) is 3.97. The van der Waals surface area contributed by atoms with E-state index in [0.717, 1.165) is 19.3 Å². The molecule has 0 bridgehead atoms. The van der Waals surface area contributed by atoms with E-state index in [1.54, 1.807) is 0 Å². The van der Waals surface area contributed by atoms with Crippen molar-refractivity contribution in [1.82, 2.24) is 15.5 Å². The van der Waals surface area contributed by atoms with Crippen LogP contribution in [0.3, 0.4) is 0 Å². The lowest BCUT2D eigenvalue weighted by molar-refractivity contribution is -0.139. The first kappa shape index (κ1) is 18.7. The second-order valence-corrected chi connectivity index (χ2v) is 7.91. The summed E-state index contributed by atoms with van der Waals surface area (Å²) in [5.74, 6) is -0.429. The maximum atomic E-state index is 12.3. The number of carbonyl (C=O) groups excluding carboxylic acids is 1. The number of nitrogens with zero attached hydrogens (tertiary/aromatic N) is 1. The molecule has 2 fully saturated rings. The molecule has 0 aromatic heterocycles. The van der Waals surface area contributed by atoms with Gasteiger partial charge in [0.1, 0.15) is 0 Å². The summed E-state index contributed by atoms with van der Waals surface area (Å²) in [6.45, 7) is 2.75. The number of rotatable bonds is 7. The van der Waals surface area contributed by atoms with E-state index in [4.69, 9.17) is 5.11 Å². The lowest BCUT2D eigenvalue weighted by Gasteiger charge is -2.42. The number of benzene rings is 2. The number of urea groups is 1. The molecule has 0 saturated heterocycles. The summed E-state index contributed by atoms with van der Waals surface area (Å²) in [5, 5.41) is 17.6. The van der Waals surface area contributed by atoms with Crippen LogP contribution in [0.15, 0.2) is 42.5 Å². The minimum absolute atomic E-state index is 0.0644. The Morgan fingerprint density at radius 3 is 2.57 bits per heavy atom. The zero-order valence-corrected chi connectivity index (χ0v) is 16.1. The van der Waals surface area contributed by atoms with Crippen LogP contribution in [0.25, 0.3) is 10.8 Å². The molecule has 0 aliphatic heterocycles. The Kier molecular flexibility index (Phi) is 5.22. The SMILES string of the molecule is CCN(CC(=O)O)C1CC(NC(=O)N[C@@H]2C[C@H]2c2cccc3ccccc23)C1. The molecule has 2 aromatic carbocycles. The minimum Gasteiger partial charge on any atom is -0.480 e. The van der Waals surface area contributed by atoms with Crippen molar-refractivity contribution < 1.29 is 14.7 Å². The van der Waals surface area contributed by atoms with Gasteiger partial charge in [0.05, 0.1) is 6.54 Å². The van der Waals surface area contributed by atoms with Gasteiger partial charge in [0, 0.05) is 24.0 Å². The lowest BCUT2D eigenvalue weighted by Crippen LogP contribution is -2.56. The first-order chi connectivity index (χ1) is 13.5. The van der Waals surface area contributed by atoms with Crippen LogP contribution >= 0.6 is 0 Å². The molecular formula is C22H27N3O3. The minimum atomic E-state index is -0.802. The van der Waals surface area contributed by atoms with Gasteiger partial charge in [-0.15, -0.1) is 0 Å². The van der Waals surface area contributed by atoms with Crippen molar-refractivity contribution in [3.63, 3.8) is 0 Å². The molecule has 0 spiro atoms. The lowest BCUT2D eigenvalue weighted by atomic mass is 9.85. The van der Waals surface area contributed by atoms with Gasteiger partial charge < -0.3 is 15.7 Å². The summed E-state index contributed by atoms with van der Waals surface area (Å²) >= 11 is 0. The molecule has 6 nitrogen and oxygen atoms in total. The maximum Gasteiger partial charge on any atom is 0.317 e. The summed E-state index contributed by atoms with van der Waals surface area (Å²) in [5.41, 5.74) is 1.30. The number of fused-ring (bicyclic) bond motifs is 1. The van der Waals surface area contributed by atoms with Gasteiger partial charge in [0.15, 0.2) is 0 Å². The highest BCUT2D eigenvalue weighted by atomic mass is 16.4. The van der Waals surface area contributed by atoms with E-state index >= 15 is 0 Å². The van der Waals surface area contributed by atoms with Crippen molar-refractivity contribution in [3.05, 3.63) is 48.0 Å². The van der Waals surface area contributed by atoms with Gasteiger partial charge in [-0.1, -0.05) is 49.4 Å². The van der Waals surface area contributed by atoms with Crippen LogP contribution in [0.4, 0.5) is 4.79 Å².